The van der Waals surface area contributed by atoms with Crippen LogP contribution in [0.4, 0.5) is 14.9 Å². The second kappa shape index (κ2) is 10.9. The highest BCUT2D eigenvalue weighted by Gasteiger charge is 2.26. The van der Waals surface area contributed by atoms with Crippen molar-refractivity contribution >= 4 is 35.0 Å². The molecule has 0 atom stereocenters. The smallest absolute Gasteiger partial charge is 0.322 e. The van der Waals surface area contributed by atoms with E-state index in [9.17, 15) is 14.0 Å². The number of hydrogen-bond donors (Lipinski definition) is 4. The molecule has 1 aliphatic carbocycles. The van der Waals surface area contributed by atoms with Gasteiger partial charge in [-0.05, 0) is 71.7 Å². The van der Waals surface area contributed by atoms with Crippen LogP contribution >= 0.6 is 0 Å². The third kappa shape index (κ3) is 5.58. The van der Waals surface area contributed by atoms with Crippen LogP contribution in [0, 0.1) is 5.82 Å². The van der Waals surface area contributed by atoms with Crippen molar-refractivity contribution in [3.63, 3.8) is 0 Å². The average molecular weight is 508 g/mol. The minimum absolute atomic E-state index is 0.200. The number of nitrogens with one attached hydrogen (secondary N) is 3. The van der Waals surface area contributed by atoms with Crippen molar-refractivity contribution < 1.29 is 33.0 Å². The Hall–Kier alpha value is -4.73. The third-order valence-corrected chi connectivity index (χ3v) is 5.82. The van der Waals surface area contributed by atoms with Gasteiger partial charge in [0.1, 0.15) is 35.3 Å². The number of allylic oxidation sites excluding steroid dienone is 2. The fourth-order valence-corrected chi connectivity index (χ4v) is 4.10. The van der Waals surface area contributed by atoms with E-state index < -0.39 is 17.8 Å². The molecule has 4 N–H and O–H groups in total. The van der Waals surface area contributed by atoms with Crippen molar-refractivity contribution in [2.24, 2.45) is 0 Å². The van der Waals surface area contributed by atoms with Crippen LogP contribution in [0.15, 0.2) is 58.7 Å². The Kier molecular flexibility index (Phi) is 7.47. The lowest BCUT2D eigenvalue weighted by molar-refractivity contribution is -0.134. The fraction of sp³-hybridized carbons (Fsp3) is 0.185. The van der Waals surface area contributed by atoms with Gasteiger partial charge in [-0.15, -0.1) is 0 Å². The molecule has 2 amide bonds. The summed E-state index contributed by atoms with van der Waals surface area (Å²) in [5.41, 5.74) is 4.39. The minimum Gasteiger partial charge on any atom is -0.494 e. The van der Waals surface area contributed by atoms with Gasteiger partial charge in [-0.3, -0.25) is 4.79 Å². The van der Waals surface area contributed by atoms with E-state index in [1.54, 1.807) is 30.3 Å². The van der Waals surface area contributed by atoms with Gasteiger partial charge < -0.3 is 34.9 Å². The number of aliphatic carboxylic acids is 1. The second-order valence-corrected chi connectivity index (χ2v) is 8.18. The standard InChI is InChI=1S/C27H26FN3O6/c1-15-20(9-16-10-22(35-2)26(23(11-16)36-3)29-14-24(32)33)19-7-6-17(28)12-21(19)25(15)31-27(34)30-13-18-5-4-8-37-18/h4-12,29H,13-14H2,1-3H3,(H,32,33)(H2,30,31,34)/b20-9-. The Morgan fingerprint density at radius 1 is 1.08 bits per heavy atom. The Labute approximate surface area is 212 Å². The Morgan fingerprint density at radius 3 is 2.43 bits per heavy atom. The van der Waals surface area contributed by atoms with Crippen molar-refractivity contribution in [3.8, 4) is 11.5 Å². The predicted molar refractivity (Wildman–Crippen MR) is 137 cm³/mol. The van der Waals surface area contributed by atoms with E-state index in [4.69, 9.17) is 19.0 Å². The minimum atomic E-state index is -1.03. The van der Waals surface area contributed by atoms with Gasteiger partial charge in [0.25, 0.3) is 0 Å². The molecule has 0 unspecified atom stereocenters. The molecule has 9 nitrogen and oxygen atoms in total. The van der Waals surface area contributed by atoms with Crippen molar-refractivity contribution in [2.45, 2.75) is 13.5 Å². The molecular formula is C27H26FN3O6. The van der Waals surface area contributed by atoms with E-state index >= 15 is 0 Å². The highest BCUT2D eigenvalue weighted by atomic mass is 19.1. The molecule has 0 aliphatic heterocycles. The number of ether oxygens (including phenoxy) is 2. The molecule has 1 aromatic heterocycles. The number of carbonyl (C=O) groups excluding carboxylic acids is 1. The third-order valence-electron chi connectivity index (χ3n) is 5.82. The first-order chi connectivity index (χ1) is 17.8. The molecule has 4 rings (SSSR count). The number of carbonyl (C=O) groups is 2. The molecule has 1 heterocycles. The first-order valence-corrected chi connectivity index (χ1v) is 11.3. The molecule has 1 aliphatic rings. The molecule has 0 radical (unpaired) electrons. The number of hydrogen-bond acceptors (Lipinski definition) is 6. The van der Waals surface area contributed by atoms with Gasteiger partial charge >= 0.3 is 12.0 Å². The normalized spacial score (nSPS) is 13.4. The number of carboxylic acids is 1. The molecular weight excluding hydrogens is 481 g/mol. The van der Waals surface area contributed by atoms with Crippen LogP contribution in [0.25, 0.3) is 17.3 Å². The number of urea groups is 1. The number of amides is 2. The number of methoxy groups -OCH3 is 2. The van der Waals surface area contributed by atoms with Gasteiger partial charge in [-0.25, -0.2) is 9.18 Å². The molecule has 192 valence electrons. The molecule has 3 aromatic rings. The number of fused-ring (bicyclic) bond motifs is 1. The number of halogens is 1. The lowest BCUT2D eigenvalue weighted by Gasteiger charge is -2.15. The van der Waals surface area contributed by atoms with Gasteiger partial charge in [0.05, 0.1) is 32.7 Å². The molecule has 0 saturated heterocycles. The molecule has 0 bridgehead atoms. The van der Waals surface area contributed by atoms with Crippen molar-refractivity contribution in [1.82, 2.24) is 10.6 Å². The molecule has 2 aromatic carbocycles. The first kappa shape index (κ1) is 25.4. The highest BCUT2D eigenvalue weighted by Crippen LogP contribution is 2.43. The Balaban J connectivity index is 1.69. The molecule has 0 saturated carbocycles. The van der Waals surface area contributed by atoms with Crippen LogP contribution in [-0.2, 0) is 11.3 Å². The van der Waals surface area contributed by atoms with Gasteiger partial charge in [-0.2, -0.15) is 0 Å². The predicted octanol–water partition coefficient (Wildman–Crippen LogP) is 4.72. The zero-order valence-corrected chi connectivity index (χ0v) is 20.5. The fourth-order valence-electron chi connectivity index (χ4n) is 4.10. The zero-order valence-electron chi connectivity index (χ0n) is 20.5. The maximum Gasteiger partial charge on any atom is 0.322 e. The van der Waals surface area contributed by atoms with Gasteiger partial charge in [-0.1, -0.05) is 6.07 Å². The van der Waals surface area contributed by atoms with E-state index in [0.29, 0.717) is 39.8 Å². The molecule has 0 spiro atoms. The summed E-state index contributed by atoms with van der Waals surface area (Å²) in [7, 11) is 2.94. The summed E-state index contributed by atoms with van der Waals surface area (Å²) in [6.07, 6.45) is 3.39. The second-order valence-electron chi connectivity index (χ2n) is 8.18. The quantitative estimate of drug-likeness (QED) is 0.331. The van der Waals surface area contributed by atoms with Gasteiger partial charge in [0, 0.05) is 5.56 Å². The number of rotatable bonds is 9. The molecule has 10 heteroatoms. The summed E-state index contributed by atoms with van der Waals surface area (Å²) in [4.78, 5) is 23.6. The van der Waals surface area contributed by atoms with E-state index in [0.717, 1.165) is 16.7 Å². The first-order valence-electron chi connectivity index (χ1n) is 11.3. The maximum atomic E-state index is 14.2. The lowest BCUT2D eigenvalue weighted by atomic mass is 10.00. The van der Waals surface area contributed by atoms with E-state index in [2.05, 4.69) is 16.0 Å². The SMILES string of the molecule is COc1cc(/C=C2/C(C)=C(NC(=O)NCc3ccco3)c3cc(F)ccc32)cc(OC)c1NCC(=O)O. The summed E-state index contributed by atoms with van der Waals surface area (Å²) in [6.45, 7) is 1.72. The van der Waals surface area contributed by atoms with Crippen LogP contribution in [0.3, 0.4) is 0 Å². The maximum absolute atomic E-state index is 14.2. The summed E-state index contributed by atoms with van der Waals surface area (Å²) >= 11 is 0. The molecule has 0 fully saturated rings. The van der Waals surface area contributed by atoms with Crippen LogP contribution < -0.4 is 25.4 Å². The Morgan fingerprint density at radius 2 is 1.81 bits per heavy atom. The number of anilines is 1. The average Bonchev–Trinajstić information content (AvgIpc) is 3.48. The van der Waals surface area contributed by atoms with Crippen molar-refractivity contribution in [3.05, 3.63) is 82.6 Å². The highest BCUT2D eigenvalue weighted by molar-refractivity contribution is 6.07. The number of furan rings is 1. The van der Waals surface area contributed by atoms with Crippen LogP contribution in [-0.4, -0.2) is 37.9 Å². The summed E-state index contributed by atoms with van der Waals surface area (Å²) in [6, 6.07) is 10.9. The summed E-state index contributed by atoms with van der Waals surface area (Å²) in [5, 5.41) is 17.4. The van der Waals surface area contributed by atoms with Crippen LogP contribution in [0.2, 0.25) is 0 Å². The monoisotopic (exact) mass is 507 g/mol. The van der Waals surface area contributed by atoms with E-state index in [1.807, 2.05) is 13.0 Å². The van der Waals surface area contributed by atoms with Crippen LogP contribution in [0.1, 0.15) is 29.4 Å². The number of carboxylic acid groups (broad SMARTS) is 1. The van der Waals surface area contributed by atoms with E-state index in [1.165, 1.54) is 32.6 Å². The molecule has 37 heavy (non-hydrogen) atoms. The number of benzene rings is 2. The van der Waals surface area contributed by atoms with Gasteiger partial charge in [0.15, 0.2) is 0 Å². The van der Waals surface area contributed by atoms with Crippen LogP contribution in [0.5, 0.6) is 11.5 Å². The van der Waals surface area contributed by atoms with Crippen molar-refractivity contribution in [2.75, 3.05) is 26.1 Å². The zero-order chi connectivity index (χ0) is 26.5. The van der Waals surface area contributed by atoms with Gasteiger partial charge in [0.2, 0.25) is 0 Å². The topological polar surface area (TPSA) is 122 Å². The lowest BCUT2D eigenvalue weighted by Crippen LogP contribution is -2.33. The van der Waals surface area contributed by atoms with E-state index in [-0.39, 0.29) is 13.1 Å². The summed E-state index contributed by atoms with van der Waals surface area (Å²) in [5.74, 6) is -0.0769. The Bertz CT molecular complexity index is 1370. The largest absolute Gasteiger partial charge is 0.494 e. The summed E-state index contributed by atoms with van der Waals surface area (Å²) < 4.78 is 30.4. The van der Waals surface area contributed by atoms with Crippen molar-refractivity contribution in [1.29, 1.82) is 0 Å².